The highest BCUT2D eigenvalue weighted by Gasteiger charge is 2.10. The summed E-state index contributed by atoms with van der Waals surface area (Å²) < 4.78 is 2.18. The van der Waals surface area contributed by atoms with Crippen LogP contribution in [0.3, 0.4) is 0 Å². The molecule has 0 aliphatic carbocycles. The minimum atomic E-state index is 1.04. The quantitative estimate of drug-likeness (QED) is 0.811. The van der Waals surface area contributed by atoms with E-state index in [4.69, 9.17) is 0 Å². The summed E-state index contributed by atoms with van der Waals surface area (Å²) in [4.78, 5) is 2.53. The Hall–Kier alpha value is -0.960. The van der Waals surface area contributed by atoms with Gasteiger partial charge in [0.1, 0.15) is 0 Å². The largest absolute Gasteiger partial charge is 0.325 e. The van der Waals surface area contributed by atoms with Gasteiger partial charge in [-0.25, -0.2) is 0 Å². The van der Waals surface area contributed by atoms with Gasteiger partial charge in [0.2, 0.25) is 0 Å². The zero-order valence-electron chi connectivity index (χ0n) is 9.79. The molecule has 3 heteroatoms. The average Bonchev–Trinajstić information content (AvgIpc) is 2.82. The first-order valence-electron chi connectivity index (χ1n) is 5.88. The molecule has 0 spiro atoms. The number of rotatable bonds is 4. The van der Waals surface area contributed by atoms with Crippen LogP contribution in [0, 0.1) is 13.8 Å². The van der Waals surface area contributed by atoms with E-state index in [0.29, 0.717) is 0 Å². The van der Waals surface area contributed by atoms with Gasteiger partial charge in [0.15, 0.2) is 0 Å². The Morgan fingerprint density at radius 2 is 1.73 bits per heavy atom. The molecule has 0 unspecified atom stereocenters. The van der Waals surface area contributed by atoms with Gasteiger partial charge in [-0.2, -0.15) is 0 Å². The van der Waals surface area contributed by atoms with Crippen molar-refractivity contribution < 1.29 is 0 Å². The number of aromatic nitrogens is 1. The van der Waals surface area contributed by atoms with Crippen LogP contribution in [0.5, 0.6) is 0 Å². The number of hydrogen-bond donors (Lipinski definition) is 1. The Bertz CT molecular complexity index is 291. The van der Waals surface area contributed by atoms with Gasteiger partial charge in [-0.05, 0) is 51.9 Å². The minimum absolute atomic E-state index is 1.04. The van der Waals surface area contributed by atoms with Gasteiger partial charge < -0.3 is 10.3 Å². The van der Waals surface area contributed by atoms with Crippen LogP contribution in [0.15, 0.2) is 12.1 Å². The molecule has 15 heavy (non-hydrogen) atoms. The summed E-state index contributed by atoms with van der Waals surface area (Å²) in [6, 6.07) is 4.30. The maximum Gasteiger partial charge on any atom is 0.0441 e. The van der Waals surface area contributed by atoms with Gasteiger partial charge in [0.25, 0.3) is 0 Å². The normalized spacial score (nSPS) is 17.2. The maximum absolute atomic E-state index is 3.46. The van der Waals surface area contributed by atoms with Crippen LogP contribution in [0.1, 0.15) is 24.2 Å². The zero-order chi connectivity index (χ0) is 10.7. The van der Waals surface area contributed by atoms with Crippen molar-refractivity contribution in [3.8, 4) is 0 Å². The Morgan fingerprint density at radius 3 is 2.33 bits per heavy atom. The van der Waals surface area contributed by atoms with Crippen molar-refractivity contribution in [2.45, 2.75) is 26.7 Å². The molecule has 1 aliphatic rings. The van der Waals surface area contributed by atoms with Crippen molar-refractivity contribution in [2.75, 3.05) is 31.6 Å². The smallest absolute Gasteiger partial charge is 0.0441 e. The van der Waals surface area contributed by atoms with Gasteiger partial charge in [-0.1, -0.05) is 0 Å². The van der Waals surface area contributed by atoms with Crippen molar-refractivity contribution in [3.63, 3.8) is 0 Å². The van der Waals surface area contributed by atoms with Crippen molar-refractivity contribution >= 4 is 0 Å². The molecule has 0 amide bonds. The number of likely N-dealkylation sites (tertiary alicyclic amines) is 1. The molecule has 84 valence electrons. The molecule has 0 bridgehead atoms. The lowest BCUT2D eigenvalue weighted by atomic mass is 10.4. The second-order valence-corrected chi connectivity index (χ2v) is 4.41. The Labute approximate surface area is 92.0 Å². The fourth-order valence-electron chi connectivity index (χ4n) is 2.24. The molecule has 2 heterocycles. The molecule has 1 aromatic heterocycles. The Balaban J connectivity index is 1.77. The Morgan fingerprint density at radius 1 is 1.13 bits per heavy atom. The van der Waals surface area contributed by atoms with Crippen LogP contribution < -0.4 is 5.43 Å². The van der Waals surface area contributed by atoms with Gasteiger partial charge in [0, 0.05) is 24.5 Å². The summed E-state index contributed by atoms with van der Waals surface area (Å²) in [6.45, 7) is 9.04. The number of nitrogens with one attached hydrogen (secondary N) is 1. The number of aryl methyl sites for hydroxylation is 2. The average molecular weight is 207 g/mol. The summed E-state index contributed by atoms with van der Waals surface area (Å²) in [5.74, 6) is 0. The van der Waals surface area contributed by atoms with Crippen molar-refractivity contribution in [1.29, 1.82) is 0 Å². The van der Waals surface area contributed by atoms with Crippen molar-refractivity contribution in [1.82, 2.24) is 9.58 Å². The van der Waals surface area contributed by atoms with Gasteiger partial charge in [0.05, 0.1) is 0 Å². The van der Waals surface area contributed by atoms with E-state index in [-0.39, 0.29) is 0 Å². The molecule has 2 rings (SSSR count). The molecule has 3 nitrogen and oxygen atoms in total. The molecule has 1 aromatic rings. The molecule has 0 radical (unpaired) electrons. The first-order valence-corrected chi connectivity index (χ1v) is 5.88. The summed E-state index contributed by atoms with van der Waals surface area (Å²) in [5.41, 5.74) is 6.04. The summed E-state index contributed by atoms with van der Waals surface area (Å²) in [6.07, 6.45) is 2.75. The number of nitrogens with zero attached hydrogens (tertiary/aromatic N) is 2. The summed E-state index contributed by atoms with van der Waals surface area (Å²) in [5, 5.41) is 0. The van der Waals surface area contributed by atoms with E-state index in [1.54, 1.807) is 0 Å². The molecular formula is C12H21N3. The van der Waals surface area contributed by atoms with Crippen LogP contribution in [0.4, 0.5) is 0 Å². The fraction of sp³-hybridized carbons (Fsp3) is 0.667. The molecular weight excluding hydrogens is 186 g/mol. The van der Waals surface area contributed by atoms with Crippen LogP contribution in [0.2, 0.25) is 0 Å². The van der Waals surface area contributed by atoms with E-state index in [0.717, 1.165) is 13.1 Å². The minimum Gasteiger partial charge on any atom is -0.325 e. The SMILES string of the molecule is Cc1ccc(C)n1NCCN1CCCC1. The topological polar surface area (TPSA) is 20.2 Å². The second-order valence-electron chi connectivity index (χ2n) is 4.41. The van der Waals surface area contributed by atoms with E-state index >= 15 is 0 Å². The fourth-order valence-corrected chi connectivity index (χ4v) is 2.24. The lowest BCUT2D eigenvalue weighted by molar-refractivity contribution is 0.348. The third kappa shape index (κ3) is 2.53. The first kappa shape index (κ1) is 10.6. The van der Waals surface area contributed by atoms with E-state index in [9.17, 15) is 0 Å². The highest BCUT2D eigenvalue weighted by Crippen LogP contribution is 2.07. The Kier molecular flexibility index (Phi) is 3.31. The second kappa shape index (κ2) is 4.71. The highest BCUT2D eigenvalue weighted by atomic mass is 15.4. The molecule has 1 aliphatic heterocycles. The molecule has 1 N–H and O–H groups in total. The molecule has 0 atom stereocenters. The third-order valence-corrected chi connectivity index (χ3v) is 3.17. The third-order valence-electron chi connectivity index (χ3n) is 3.17. The lowest BCUT2D eigenvalue weighted by Crippen LogP contribution is -2.30. The molecule has 0 saturated carbocycles. The van der Waals surface area contributed by atoms with E-state index in [2.05, 4.69) is 41.0 Å². The summed E-state index contributed by atoms with van der Waals surface area (Å²) in [7, 11) is 0. The standard InChI is InChI=1S/C12H21N3/c1-11-5-6-12(2)15(11)13-7-10-14-8-3-4-9-14/h5-6,13H,3-4,7-10H2,1-2H3. The van der Waals surface area contributed by atoms with Crippen LogP contribution in [-0.2, 0) is 0 Å². The van der Waals surface area contributed by atoms with Gasteiger partial charge >= 0.3 is 0 Å². The lowest BCUT2D eigenvalue weighted by Gasteiger charge is -2.17. The van der Waals surface area contributed by atoms with Crippen LogP contribution >= 0.6 is 0 Å². The summed E-state index contributed by atoms with van der Waals surface area (Å²) >= 11 is 0. The predicted molar refractivity (Wildman–Crippen MR) is 63.8 cm³/mol. The van der Waals surface area contributed by atoms with Crippen LogP contribution in [-0.4, -0.2) is 35.8 Å². The highest BCUT2D eigenvalue weighted by molar-refractivity contribution is 5.15. The number of hydrogen-bond acceptors (Lipinski definition) is 2. The molecule has 1 fully saturated rings. The first-order chi connectivity index (χ1) is 7.27. The molecule has 0 aromatic carbocycles. The van der Waals surface area contributed by atoms with E-state index in [1.807, 2.05) is 0 Å². The monoisotopic (exact) mass is 207 g/mol. The van der Waals surface area contributed by atoms with E-state index in [1.165, 1.54) is 37.3 Å². The van der Waals surface area contributed by atoms with Gasteiger partial charge in [-0.15, -0.1) is 0 Å². The zero-order valence-corrected chi connectivity index (χ0v) is 9.79. The predicted octanol–water partition coefficient (Wildman–Crippen LogP) is 1.74. The van der Waals surface area contributed by atoms with Gasteiger partial charge in [-0.3, -0.25) is 4.68 Å². The molecule has 1 saturated heterocycles. The maximum atomic E-state index is 3.46. The van der Waals surface area contributed by atoms with Crippen LogP contribution in [0.25, 0.3) is 0 Å². The van der Waals surface area contributed by atoms with Crippen molar-refractivity contribution in [3.05, 3.63) is 23.5 Å². The van der Waals surface area contributed by atoms with E-state index < -0.39 is 0 Å². The van der Waals surface area contributed by atoms with Crippen molar-refractivity contribution in [2.24, 2.45) is 0 Å².